The van der Waals surface area contributed by atoms with Gasteiger partial charge in [0.25, 0.3) is 0 Å². The molecule has 8 nitrogen and oxygen atoms in total. The molecule has 0 atom stereocenters. The summed E-state index contributed by atoms with van der Waals surface area (Å²) in [5, 5.41) is 11.6. The van der Waals surface area contributed by atoms with Crippen LogP contribution in [0, 0.1) is 11.5 Å². The molecule has 1 aromatic rings. The van der Waals surface area contributed by atoms with E-state index in [1.54, 1.807) is 18.6 Å². The summed E-state index contributed by atoms with van der Waals surface area (Å²) in [7, 11) is 0. The molecule has 0 saturated heterocycles. The summed E-state index contributed by atoms with van der Waals surface area (Å²) in [6, 6.07) is 3.74. The van der Waals surface area contributed by atoms with Gasteiger partial charge >= 0.3 is 6.09 Å². The zero-order valence-electron chi connectivity index (χ0n) is 20.0. The van der Waals surface area contributed by atoms with Gasteiger partial charge in [0, 0.05) is 31.2 Å². The second-order valence-electron chi connectivity index (χ2n) is 8.89. The van der Waals surface area contributed by atoms with Crippen LogP contribution in [-0.2, 0) is 4.74 Å². The van der Waals surface area contributed by atoms with Crippen molar-refractivity contribution in [2.45, 2.75) is 90.6 Å². The van der Waals surface area contributed by atoms with Gasteiger partial charge in [-0.1, -0.05) is 51.4 Å². The summed E-state index contributed by atoms with van der Waals surface area (Å²) < 4.78 is 5.22. The number of nitrogens with zero attached hydrogens (tertiary/aromatic N) is 4. The third-order valence-corrected chi connectivity index (χ3v) is 4.89. The highest BCUT2D eigenvalue weighted by Crippen LogP contribution is 2.15. The van der Waals surface area contributed by atoms with Crippen LogP contribution in [0.4, 0.5) is 10.5 Å². The van der Waals surface area contributed by atoms with Crippen LogP contribution in [0.25, 0.3) is 0 Å². The van der Waals surface area contributed by atoms with Crippen molar-refractivity contribution in [1.29, 1.82) is 5.26 Å². The molecular formula is C24H40N6O2. The van der Waals surface area contributed by atoms with Crippen molar-refractivity contribution in [1.82, 2.24) is 10.3 Å². The fourth-order valence-electron chi connectivity index (χ4n) is 3.33. The summed E-state index contributed by atoms with van der Waals surface area (Å²) >= 11 is 0. The average molecular weight is 445 g/mol. The molecule has 0 saturated carbocycles. The molecule has 0 fully saturated rings. The number of nitrogens with two attached hydrogens (primary N) is 1. The number of rotatable bonds is 14. The van der Waals surface area contributed by atoms with Gasteiger partial charge in [0.15, 0.2) is 0 Å². The van der Waals surface area contributed by atoms with Crippen molar-refractivity contribution >= 4 is 17.7 Å². The Morgan fingerprint density at radius 1 is 1.06 bits per heavy atom. The number of aliphatic imine (C=N–C) groups is 1. The minimum Gasteiger partial charge on any atom is -0.444 e. The van der Waals surface area contributed by atoms with Crippen molar-refractivity contribution in [3.63, 3.8) is 0 Å². The zero-order valence-corrected chi connectivity index (χ0v) is 20.0. The maximum atomic E-state index is 11.5. The van der Waals surface area contributed by atoms with Gasteiger partial charge in [-0.3, -0.25) is 4.98 Å². The highest BCUT2D eigenvalue weighted by Gasteiger charge is 2.15. The SMILES string of the molecule is CC(C)(C)OC(=O)NCCCCCCCCCCCCN(C(N)=NC#N)c1ccncc1. The quantitative estimate of drug-likeness (QED) is 0.178. The van der Waals surface area contributed by atoms with Crippen LogP contribution < -0.4 is 16.0 Å². The lowest BCUT2D eigenvalue weighted by Crippen LogP contribution is -2.38. The molecule has 0 spiro atoms. The Morgan fingerprint density at radius 2 is 1.59 bits per heavy atom. The summed E-state index contributed by atoms with van der Waals surface area (Å²) in [6.45, 7) is 7.01. The number of guanidine groups is 1. The number of hydrogen-bond acceptors (Lipinski definition) is 5. The molecule has 0 unspecified atom stereocenters. The van der Waals surface area contributed by atoms with E-state index < -0.39 is 5.60 Å². The standard InChI is InChI=1S/C24H40N6O2/c1-24(2,3)32-23(31)28-16-12-10-8-6-4-5-7-9-11-13-19-30(22(26)29-20-25)21-14-17-27-18-15-21/h14-15,17-18H,4-13,16,19H2,1-3H3,(H2,26,29)(H,28,31). The molecule has 178 valence electrons. The predicted octanol–water partition coefficient (Wildman–Crippen LogP) is 5.11. The molecule has 3 N–H and O–H groups in total. The molecule has 8 heteroatoms. The first-order chi connectivity index (χ1) is 15.3. The topological polar surface area (TPSA) is 117 Å². The molecule has 0 aliphatic carbocycles. The molecular weight excluding hydrogens is 404 g/mol. The van der Waals surface area contributed by atoms with E-state index in [0.29, 0.717) is 6.54 Å². The predicted molar refractivity (Wildman–Crippen MR) is 129 cm³/mol. The van der Waals surface area contributed by atoms with E-state index in [0.717, 1.165) is 37.9 Å². The number of hydrogen-bond donors (Lipinski definition) is 2. The zero-order chi connectivity index (χ0) is 23.7. The Morgan fingerprint density at radius 3 is 2.12 bits per heavy atom. The van der Waals surface area contributed by atoms with Gasteiger partial charge in [-0.25, -0.2) is 4.79 Å². The highest BCUT2D eigenvalue weighted by atomic mass is 16.6. The summed E-state index contributed by atoms with van der Waals surface area (Å²) in [5.74, 6) is 0.222. The van der Waals surface area contributed by atoms with Crippen molar-refractivity contribution < 1.29 is 9.53 Å². The van der Waals surface area contributed by atoms with E-state index in [1.165, 1.54) is 38.5 Å². The number of carbonyl (C=O) groups excluding carboxylic acids is 1. The second kappa shape index (κ2) is 15.9. The molecule has 32 heavy (non-hydrogen) atoms. The Bertz CT molecular complexity index is 709. The van der Waals surface area contributed by atoms with Crippen LogP contribution in [0.3, 0.4) is 0 Å². The second-order valence-corrected chi connectivity index (χ2v) is 8.89. The van der Waals surface area contributed by atoms with Gasteiger partial charge in [0.1, 0.15) is 5.60 Å². The molecule has 0 aromatic carbocycles. The number of nitriles is 1. The fourth-order valence-corrected chi connectivity index (χ4v) is 3.33. The first-order valence-electron chi connectivity index (χ1n) is 11.7. The van der Waals surface area contributed by atoms with Crippen LogP contribution in [0.1, 0.15) is 85.0 Å². The number of amides is 1. The lowest BCUT2D eigenvalue weighted by molar-refractivity contribution is 0.0527. The van der Waals surface area contributed by atoms with Gasteiger partial charge in [-0.2, -0.15) is 5.26 Å². The van der Waals surface area contributed by atoms with E-state index in [-0.39, 0.29) is 12.1 Å². The van der Waals surface area contributed by atoms with E-state index in [4.69, 9.17) is 15.7 Å². The summed E-state index contributed by atoms with van der Waals surface area (Å²) in [5.41, 5.74) is 6.40. The number of aromatic nitrogens is 1. The number of nitrogens with one attached hydrogen (secondary N) is 1. The van der Waals surface area contributed by atoms with Crippen LogP contribution in [-0.4, -0.2) is 35.7 Å². The summed E-state index contributed by atoms with van der Waals surface area (Å²) in [6.07, 6.45) is 16.5. The molecule has 1 rings (SSSR count). The minimum absolute atomic E-state index is 0.222. The van der Waals surface area contributed by atoms with E-state index in [1.807, 2.05) is 37.8 Å². The number of carbonyl (C=O) groups is 1. The third-order valence-electron chi connectivity index (χ3n) is 4.89. The first kappa shape index (κ1) is 27.2. The largest absolute Gasteiger partial charge is 0.444 e. The number of pyridine rings is 1. The lowest BCUT2D eigenvalue weighted by atomic mass is 10.1. The van der Waals surface area contributed by atoms with Gasteiger partial charge in [0.05, 0.1) is 0 Å². The van der Waals surface area contributed by atoms with Gasteiger partial charge in [-0.15, -0.1) is 4.99 Å². The average Bonchev–Trinajstić information content (AvgIpc) is 2.73. The number of anilines is 1. The number of alkyl carbamates (subject to hydrolysis) is 1. The molecule has 1 aromatic heterocycles. The van der Waals surface area contributed by atoms with Gasteiger partial charge in [0.2, 0.25) is 12.2 Å². The van der Waals surface area contributed by atoms with Crippen molar-refractivity contribution in [3.05, 3.63) is 24.5 Å². The Hall–Kier alpha value is -2.82. The monoisotopic (exact) mass is 444 g/mol. The Kier molecular flexibility index (Phi) is 13.5. The van der Waals surface area contributed by atoms with Gasteiger partial charge in [-0.05, 0) is 45.7 Å². The lowest BCUT2D eigenvalue weighted by Gasteiger charge is -2.22. The first-order valence-corrected chi connectivity index (χ1v) is 11.7. The van der Waals surface area contributed by atoms with Crippen molar-refractivity contribution in [2.75, 3.05) is 18.0 Å². The highest BCUT2D eigenvalue weighted by molar-refractivity contribution is 5.95. The molecule has 1 heterocycles. The van der Waals surface area contributed by atoms with Crippen LogP contribution >= 0.6 is 0 Å². The number of ether oxygens (including phenoxy) is 1. The Balaban J connectivity index is 2.03. The molecule has 1 amide bonds. The Labute approximate surface area is 193 Å². The molecule has 0 radical (unpaired) electrons. The molecule has 0 aliphatic rings. The van der Waals surface area contributed by atoms with E-state index in [2.05, 4.69) is 15.3 Å². The van der Waals surface area contributed by atoms with Crippen molar-refractivity contribution in [3.8, 4) is 6.19 Å². The van der Waals surface area contributed by atoms with E-state index >= 15 is 0 Å². The normalized spacial score (nSPS) is 11.6. The molecule has 0 aliphatic heterocycles. The smallest absolute Gasteiger partial charge is 0.407 e. The van der Waals surface area contributed by atoms with Crippen LogP contribution in [0.2, 0.25) is 0 Å². The third kappa shape index (κ3) is 13.5. The van der Waals surface area contributed by atoms with Gasteiger partial charge < -0.3 is 20.7 Å². The maximum absolute atomic E-state index is 11.5. The van der Waals surface area contributed by atoms with Crippen LogP contribution in [0.15, 0.2) is 29.5 Å². The van der Waals surface area contributed by atoms with Crippen LogP contribution in [0.5, 0.6) is 0 Å². The fraction of sp³-hybridized carbons (Fsp3) is 0.667. The molecule has 0 bridgehead atoms. The van der Waals surface area contributed by atoms with E-state index in [9.17, 15) is 4.79 Å². The van der Waals surface area contributed by atoms with Crippen molar-refractivity contribution in [2.24, 2.45) is 10.7 Å². The summed E-state index contributed by atoms with van der Waals surface area (Å²) in [4.78, 5) is 21.1. The maximum Gasteiger partial charge on any atom is 0.407 e. The number of unbranched alkanes of at least 4 members (excludes halogenated alkanes) is 9. The minimum atomic E-state index is -0.442.